The molecule has 3 aromatic rings. The SMILES string of the molecule is N#CCCn1cc(C(=O)CSCC(O)c2ccccc2)c2ccccc21. The molecule has 0 amide bonds. The van der Waals surface area contributed by atoms with Crippen LogP contribution in [0.2, 0.25) is 0 Å². The Morgan fingerprint density at radius 1 is 1.15 bits per heavy atom. The number of para-hydroxylation sites is 1. The number of hydrogen-bond donors (Lipinski definition) is 1. The van der Waals surface area contributed by atoms with E-state index in [1.165, 1.54) is 11.8 Å². The van der Waals surface area contributed by atoms with E-state index in [9.17, 15) is 9.90 Å². The van der Waals surface area contributed by atoms with Crippen LogP contribution in [-0.4, -0.2) is 27.0 Å². The summed E-state index contributed by atoms with van der Waals surface area (Å²) in [5.41, 5.74) is 2.52. The van der Waals surface area contributed by atoms with Crippen molar-refractivity contribution in [3.63, 3.8) is 0 Å². The summed E-state index contributed by atoms with van der Waals surface area (Å²) >= 11 is 1.43. The molecule has 3 rings (SSSR count). The van der Waals surface area contributed by atoms with Crippen LogP contribution in [0.25, 0.3) is 10.9 Å². The summed E-state index contributed by atoms with van der Waals surface area (Å²) in [6, 6.07) is 19.4. The van der Waals surface area contributed by atoms with Crippen LogP contribution in [0, 0.1) is 11.3 Å². The third-order valence-corrected chi connectivity index (χ3v) is 5.26. The molecule has 5 heteroatoms. The number of nitrogens with zero attached hydrogens (tertiary/aromatic N) is 2. The van der Waals surface area contributed by atoms with Gasteiger partial charge in [-0.1, -0.05) is 48.5 Å². The fraction of sp³-hybridized carbons (Fsp3) is 0.238. The number of aromatic nitrogens is 1. The number of carbonyl (C=O) groups is 1. The fourth-order valence-electron chi connectivity index (χ4n) is 2.94. The lowest BCUT2D eigenvalue weighted by atomic mass is 10.1. The highest BCUT2D eigenvalue weighted by Gasteiger charge is 2.16. The first kappa shape index (κ1) is 18.2. The normalized spacial score (nSPS) is 12.0. The molecule has 0 saturated carbocycles. The second-order valence-corrected chi connectivity index (χ2v) is 7.06. The molecule has 26 heavy (non-hydrogen) atoms. The third-order valence-electron chi connectivity index (χ3n) is 4.25. The number of hydrogen-bond acceptors (Lipinski definition) is 4. The summed E-state index contributed by atoms with van der Waals surface area (Å²) in [5.74, 6) is 0.834. The second kappa shape index (κ2) is 8.70. The Morgan fingerprint density at radius 3 is 2.65 bits per heavy atom. The molecule has 0 radical (unpaired) electrons. The molecule has 4 nitrogen and oxygen atoms in total. The maximum absolute atomic E-state index is 12.7. The predicted molar refractivity (Wildman–Crippen MR) is 105 cm³/mol. The number of benzene rings is 2. The number of fused-ring (bicyclic) bond motifs is 1. The number of aliphatic hydroxyl groups is 1. The molecular weight excluding hydrogens is 344 g/mol. The average Bonchev–Trinajstić information content (AvgIpc) is 3.06. The summed E-state index contributed by atoms with van der Waals surface area (Å²) in [6.07, 6.45) is 1.68. The minimum absolute atomic E-state index is 0.0437. The maximum Gasteiger partial charge on any atom is 0.174 e. The van der Waals surface area contributed by atoms with Gasteiger partial charge in [-0.2, -0.15) is 17.0 Å². The van der Waals surface area contributed by atoms with Gasteiger partial charge in [0.15, 0.2) is 5.78 Å². The summed E-state index contributed by atoms with van der Waals surface area (Å²) < 4.78 is 1.97. The van der Waals surface area contributed by atoms with Gasteiger partial charge < -0.3 is 9.67 Å². The van der Waals surface area contributed by atoms with Gasteiger partial charge in [0.25, 0.3) is 0 Å². The van der Waals surface area contributed by atoms with E-state index in [0.29, 0.717) is 30.0 Å². The fourth-order valence-corrected chi connectivity index (χ4v) is 3.81. The van der Waals surface area contributed by atoms with Crippen LogP contribution in [0.3, 0.4) is 0 Å². The smallest absolute Gasteiger partial charge is 0.174 e. The minimum Gasteiger partial charge on any atom is -0.388 e. The van der Waals surface area contributed by atoms with Crippen molar-refractivity contribution in [2.75, 3.05) is 11.5 Å². The largest absolute Gasteiger partial charge is 0.388 e. The van der Waals surface area contributed by atoms with Crippen molar-refractivity contribution in [1.29, 1.82) is 5.26 Å². The Kier molecular flexibility index (Phi) is 6.11. The van der Waals surface area contributed by atoms with Crippen LogP contribution >= 0.6 is 11.8 Å². The summed E-state index contributed by atoms with van der Waals surface area (Å²) in [7, 11) is 0. The lowest BCUT2D eigenvalue weighted by Gasteiger charge is -2.09. The number of aryl methyl sites for hydroxylation is 1. The van der Waals surface area contributed by atoms with Crippen molar-refractivity contribution >= 4 is 28.4 Å². The van der Waals surface area contributed by atoms with Gasteiger partial charge in [-0.05, 0) is 11.6 Å². The van der Waals surface area contributed by atoms with E-state index in [4.69, 9.17) is 5.26 Å². The molecule has 1 heterocycles. The quantitative estimate of drug-likeness (QED) is 0.608. The van der Waals surface area contributed by atoms with Crippen molar-refractivity contribution in [2.24, 2.45) is 0 Å². The number of aliphatic hydroxyl groups excluding tert-OH is 1. The van der Waals surface area contributed by atoms with Crippen LogP contribution in [0.15, 0.2) is 60.8 Å². The summed E-state index contributed by atoms with van der Waals surface area (Å²) in [5, 5.41) is 19.9. The Balaban J connectivity index is 1.67. The van der Waals surface area contributed by atoms with Crippen molar-refractivity contribution < 1.29 is 9.90 Å². The highest BCUT2D eigenvalue weighted by Crippen LogP contribution is 2.24. The Labute approximate surface area is 157 Å². The average molecular weight is 364 g/mol. The first-order chi connectivity index (χ1) is 12.7. The molecule has 132 valence electrons. The van der Waals surface area contributed by atoms with E-state index < -0.39 is 6.10 Å². The monoisotopic (exact) mass is 364 g/mol. The van der Waals surface area contributed by atoms with Gasteiger partial charge in [0.05, 0.1) is 24.3 Å². The number of nitriles is 1. The van der Waals surface area contributed by atoms with E-state index in [1.54, 1.807) is 0 Å². The van der Waals surface area contributed by atoms with Crippen molar-refractivity contribution in [1.82, 2.24) is 4.57 Å². The van der Waals surface area contributed by atoms with Crippen LogP contribution in [0.5, 0.6) is 0 Å². The highest BCUT2D eigenvalue weighted by atomic mass is 32.2. The van der Waals surface area contributed by atoms with Crippen LogP contribution in [-0.2, 0) is 6.54 Å². The Hall–Kier alpha value is -2.55. The van der Waals surface area contributed by atoms with Gasteiger partial charge in [-0.3, -0.25) is 4.79 Å². The molecule has 2 aromatic carbocycles. The molecule has 1 unspecified atom stereocenters. The number of carbonyl (C=O) groups excluding carboxylic acids is 1. The Morgan fingerprint density at radius 2 is 1.88 bits per heavy atom. The topological polar surface area (TPSA) is 66.0 Å². The Bertz CT molecular complexity index is 928. The zero-order chi connectivity index (χ0) is 18.4. The van der Waals surface area contributed by atoms with Crippen LogP contribution < -0.4 is 0 Å². The second-order valence-electron chi connectivity index (χ2n) is 6.03. The minimum atomic E-state index is -0.578. The van der Waals surface area contributed by atoms with Crippen LogP contribution in [0.4, 0.5) is 0 Å². The molecule has 0 bridgehead atoms. The van der Waals surface area contributed by atoms with E-state index in [2.05, 4.69) is 6.07 Å². The molecule has 0 fully saturated rings. The van der Waals surface area contributed by atoms with E-state index in [0.717, 1.165) is 16.5 Å². The van der Waals surface area contributed by atoms with Gasteiger partial charge in [0.1, 0.15) is 0 Å². The van der Waals surface area contributed by atoms with Crippen LogP contribution in [0.1, 0.15) is 28.4 Å². The van der Waals surface area contributed by atoms with Crippen molar-refractivity contribution in [2.45, 2.75) is 19.1 Å². The van der Waals surface area contributed by atoms with Gasteiger partial charge in [0, 0.05) is 35.0 Å². The lowest BCUT2D eigenvalue weighted by Crippen LogP contribution is -2.06. The van der Waals surface area contributed by atoms with Crippen molar-refractivity contribution in [3.05, 3.63) is 71.9 Å². The zero-order valence-corrected chi connectivity index (χ0v) is 15.2. The molecule has 0 spiro atoms. The highest BCUT2D eigenvalue weighted by molar-refractivity contribution is 8.00. The molecule has 1 N–H and O–H groups in total. The summed E-state index contributed by atoms with van der Waals surface area (Å²) in [6.45, 7) is 0.574. The van der Waals surface area contributed by atoms with Gasteiger partial charge in [-0.15, -0.1) is 0 Å². The molecule has 1 atom stereocenters. The summed E-state index contributed by atoms with van der Waals surface area (Å²) in [4.78, 5) is 12.7. The third kappa shape index (κ3) is 4.16. The molecule has 0 aliphatic heterocycles. The standard InChI is InChI=1S/C21H20N2O2S/c22-11-6-12-23-13-18(17-9-4-5-10-19(17)23)21(25)15-26-14-20(24)16-7-2-1-3-8-16/h1-5,7-10,13,20,24H,6,12,14-15H2. The first-order valence-corrected chi connectivity index (χ1v) is 9.65. The first-order valence-electron chi connectivity index (χ1n) is 8.49. The lowest BCUT2D eigenvalue weighted by molar-refractivity contribution is 0.102. The van der Waals surface area contributed by atoms with Gasteiger partial charge >= 0.3 is 0 Å². The van der Waals surface area contributed by atoms with Crippen molar-refractivity contribution in [3.8, 4) is 6.07 Å². The van der Waals surface area contributed by atoms with E-state index in [-0.39, 0.29) is 5.78 Å². The molecule has 1 aromatic heterocycles. The van der Waals surface area contributed by atoms with Gasteiger partial charge in [0.2, 0.25) is 0 Å². The zero-order valence-electron chi connectivity index (χ0n) is 14.3. The molecule has 0 saturated heterocycles. The van der Waals surface area contributed by atoms with E-state index >= 15 is 0 Å². The van der Waals surface area contributed by atoms with Gasteiger partial charge in [-0.25, -0.2) is 0 Å². The van der Waals surface area contributed by atoms with E-state index in [1.807, 2.05) is 65.4 Å². The molecular formula is C21H20N2O2S. The predicted octanol–water partition coefficient (Wildman–Crippen LogP) is 4.20. The molecule has 0 aliphatic rings. The number of ketones is 1. The number of Topliss-reactive ketones (excluding diaryl/α,β-unsaturated/α-hetero) is 1. The molecule has 0 aliphatic carbocycles. The number of rotatable bonds is 8. The number of thioether (sulfide) groups is 1. The maximum atomic E-state index is 12.7.